The van der Waals surface area contributed by atoms with Crippen molar-refractivity contribution < 1.29 is 9.25 Å². The van der Waals surface area contributed by atoms with Crippen molar-refractivity contribution in [1.29, 1.82) is 0 Å². The van der Waals surface area contributed by atoms with Gasteiger partial charge in [-0.2, -0.15) is 5.48 Å². The number of rotatable bonds is 4. The molecule has 0 saturated carbocycles. The van der Waals surface area contributed by atoms with E-state index in [1.54, 1.807) is 18.6 Å². The molecule has 0 radical (unpaired) electrons. The van der Waals surface area contributed by atoms with Crippen LogP contribution in [0.15, 0.2) is 34.6 Å². The van der Waals surface area contributed by atoms with Crippen LogP contribution in [-0.2, 0) is 11.4 Å². The maximum atomic E-state index is 5.15. The third kappa shape index (κ3) is 1.76. The molecule has 0 bridgehead atoms. The summed E-state index contributed by atoms with van der Waals surface area (Å²) in [6.07, 6.45) is 6.94. The number of furan rings is 1. The van der Waals surface area contributed by atoms with Gasteiger partial charge in [-0.3, -0.25) is 9.83 Å². The van der Waals surface area contributed by atoms with Crippen LogP contribution in [0.4, 0.5) is 0 Å². The van der Waals surface area contributed by atoms with Gasteiger partial charge in [-0.1, -0.05) is 6.08 Å². The van der Waals surface area contributed by atoms with Crippen molar-refractivity contribution in [1.82, 2.24) is 5.48 Å². The first-order chi connectivity index (χ1) is 6.92. The van der Waals surface area contributed by atoms with Crippen LogP contribution in [0.2, 0.25) is 0 Å². The Labute approximate surface area is 82.2 Å². The quantitative estimate of drug-likeness (QED) is 0.448. The van der Waals surface area contributed by atoms with E-state index in [9.17, 15) is 0 Å². The zero-order valence-electron chi connectivity index (χ0n) is 7.77. The van der Waals surface area contributed by atoms with Crippen molar-refractivity contribution in [2.24, 2.45) is 4.99 Å². The molecule has 1 atom stereocenters. The first kappa shape index (κ1) is 9.18. The Morgan fingerprint density at radius 3 is 3.50 bits per heavy atom. The first-order valence-electron chi connectivity index (χ1n) is 4.45. The minimum Gasteiger partial charge on any atom is -0.472 e. The summed E-state index contributed by atoms with van der Waals surface area (Å²) >= 11 is 0. The van der Waals surface area contributed by atoms with Crippen LogP contribution in [-0.4, -0.2) is 12.8 Å². The molecule has 0 amide bonds. The van der Waals surface area contributed by atoms with E-state index in [4.69, 9.17) is 9.25 Å². The monoisotopic (exact) mass is 192 g/mol. The van der Waals surface area contributed by atoms with E-state index >= 15 is 0 Å². The van der Waals surface area contributed by atoms with E-state index < -0.39 is 0 Å². The number of aliphatic imine (C=N–C) groups is 1. The van der Waals surface area contributed by atoms with Crippen LogP contribution in [0.3, 0.4) is 0 Å². The lowest BCUT2D eigenvalue weighted by molar-refractivity contribution is 0.0508. The Morgan fingerprint density at radius 1 is 1.71 bits per heavy atom. The van der Waals surface area contributed by atoms with Crippen molar-refractivity contribution in [3.63, 3.8) is 0 Å². The molecule has 1 aromatic rings. The lowest BCUT2D eigenvalue weighted by Crippen LogP contribution is -2.25. The fourth-order valence-corrected chi connectivity index (χ4v) is 1.36. The van der Waals surface area contributed by atoms with Crippen molar-refractivity contribution in [3.8, 4) is 0 Å². The summed E-state index contributed by atoms with van der Waals surface area (Å²) in [5.74, 6) is 0. The fraction of sp³-hybridized carbons (Fsp3) is 0.300. The highest BCUT2D eigenvalue weighted by Crippen LogP contribution is 2.22. The topological polar surface area (TPSA) is 46.8 Å². The van der Waals surface area contributed by atoms with Gasteiger partial charge in [-0.15, -0.1) is 6.58 Å². The number of nitrogens with zero attached hydrogens (tertiary/aromatic N) is 1. The van der Waals surface area contributed by atoms with E-state index in [2.05, 4.69) is 17.1 Å². The third-order valence-corrected chi connectivity index (χ3v) is 2.04. The average Bonchev–Trinajstić information content (AvgIpc) is 2.67. The molecular formula is C10H12N2O2. The Balaban J connectivity index is 2.01. The molecule has 14 heavy (non-hydrogen) atoms. The molecule has 2 rings (SSSR count). The second-order valence-electron chi connectivity index (χ2n) is 3.04. The van der Waals surface area contributed by atoms with Gasteiger partial charge in [0.2, 0.25) is 0 Å². The summed E-state index contributed by atoms with van der Waals surface area (Å²) < 4.78 is 5.11. The number of hydrogen-bond acceptors (Lipinski definition) is 4. The van der Waals surface area contributed by atoms with Gasteiger partial charge in [0.15, 0.2) is 0 Å². The standard InChI is InChI=1S/C10H12N2O2/c1-2-3-14-12-10-5-11-4-8-6-13-7-9(8)10/h2,5-7,10,12H,1,3-4H2. The molecule has 0 fully saturated rings. The summed E-state index contributed by atoms with van der Waals surface area (Å²) in [7, 11) is 0. The fourth-order valence-electron chi connectivity index (χ4n) is 1.36. The van der Waals surface area contributed by atoms with E-state index in [-0.39, 0.29) is 6.04 Å². The molecule has 1 aliphatic rings. The van der Waals surface area contributed by atoms with Gasteiger partial charge in [0, 0.05) is 17.3 Å². The van der Waals surface area contributed by atoms with Crippen LogP contribution in [0.5, 0.6) is 0 Å². The lowest BCUT2D eigenvalue weighted by Gasteiger charge is -2.16. The second-order valence-corrected chi connectivity index (χ2v) is 3.04. The van der Waals surface area contributed by atoms with Crippen LogP contribution in [0, 0.1) is 0 Å². The molecule has 1 aliphatic heterocycles. The molecule has 0 saturated heterocycles. The van der Waals surface area contributed by atoms with Crippen LogP contribution in [0.1, 0.15) is 17.2 Å². The van der Waals surface area contributed by atoms with E-state index in [0.29, 0.717) is 13.2 Å². The third-order valence-electron chi connectivity index (χ3n) is 2.04. The maximum absolute atomic E-state index is 5.15. The summed E-state index contributed by atoms with van der Waals surface area (Å²) in [5, 5.41) is 0. The van der Waals surface area contributed by atoms with E-state index in [0.717, 1.165) is 11.1 Å². The Bertz CT molecular complexity index is 344. The molecule has 1 unspecified atom stereocenters. The molecule has 2 heterocycles. The van der Waals surface area contributed by atoms with Gasteiger partial charge in [-0.25, -0.2) is 0 Å². The normalized spacial score (nSPS) is 19.3. The number of nitrogens with one attached hydrogen (secondary N) is 1. The Kier molecular flexibility index (Phi) is 2.76. The van der Waals surface area contributed by atoms with Gasteiger partial charge in [0.1, 0.15) is 0 Å². The highest BCUT2D eigenvalue weighted by atomic mass is 16.6. The average molecular weight is 192 g/mol. The minimum absolute atomic E-state index is 0.0163. The molecule has 4 heteroatoms. The SMILES string of the molecule is C=CCONC1C=NCc2cocc21. The van der Waals surface area contributed by atoms with Crippen molar-refractivity contribution in [3.05, 3.63) is 36.3 Å². The number of fused-ring (bicyclic) bond motifs is 1. The summed E-state index contributed by atoms with van der Waals surface area (Å²) in [6, 6.07) is -0.0163. The molecule has 1 N–H and O–H groups in total. The van der Waals surface area contributed by atoms with Gasteiger partial charge in [-0.05, 0) is 0 Å². The number of hydrogen-bond donors (Lipinski definition) is 1. The van der Waals surface area contributed by atoms with Crippen molar-refractivity contribution >= 4 is 6.21 Å². The van der Waals surface area contributed by atoms with Crippen LogP contribution in [0.25, 0.3) is 0 Å². The van der Waals surface area contributed by atoms with E-state index in [1.165, 1.54) is 0 Å². The maximum Gasteiger partial charge on any atom is 0.0958 e. The first-order valence-corrected chi connectivity index (χ1v) is 4.45. The molecule has 0 aromatic carbocycles. The summed E-state index contributed by atoms with van der Waals surface area (Å²) in [6.45, 7) is 4.72. The number of hydroxylamine groups is 1. The molecular weight excluding hydrogens is 180 g/mol. The van der Waals surface area contributed by atoms with Crippen LogP contribution < -0.4 is 5.48 Å². The predicted octanol–water partition coefficient (Wildman–Crippen LogP) is 1.61. The van der Waals surface area contributed by atoms with Gasteiger partial charge < -0.3 is 4.42 Å². The molecule has 1 aromatic heterocycles. The van der Waals surface area contributed by atoms with Crippen molar-refractivity contribution in [2.45, 2.75) is 12.6 Å². The predicted molar refractivity (Wildman–Crippen MR) is 52.9 cm³/mol. The molecule has 0 spiro atoms. The highest BCUT2D eigenvalue weighted by molar-refractivity contribution is 5.69. The molecule has 74 valence electrons. The minimum atomic E-state index is -0.0163. The van der Waals surface area contributed by atoms with Gasteiger partial charge >= 0.3 is 0 Å². The largest absolute Gasteiger partial charge is 0.472 e. The van der Waals surface area contributed by atoms with Crippen LogP contribution >= 0.6 is 0 Å². The smallest absolute Gasteiger partial charge is 0.0958 e. The summed E-state index contributed by atoms with van der Waals surface area (Å²) in [5.41, 5.74) is 5.08. The molecule has 0 aliphatic carbocycles. The zero-order valence-corrected chi connectivity index (χ0v) is 7.77. The van der Waals surface area contributed by atoms with Gasteiger partial charge in [0.05, 0.1) is 31.7 Å². The van der Waals surface area contributed by atoms with Crippen molar-refractivity contribution in [2.75, 3.05) is 6.61 Å². The Hall–Kier alpha value is -1.39. The zero-order chi connectivity index (χ0) is 9.80. The van der Waals surface area contributed by atoms with Gasteiger partial charge in [0.25, 0.3) is 0 Å². The molecule has 4 nitrogen and oxygen atoms in total. The van der Waals surface area contributed by atoms with E-state index in [1.807, 2.05) is 6.21 Å². The Morgan fingerprint density at radius 2 is 2.64 bits per heavy atom. The second kappa shape index (κ2) is 4.21. The highest BCUT2D eigenvalue weighted by Gasteiger charge is 2.18. The summed E-state index contributed by atoms with van der Waals surface area (Å²) in [4.78, 5) is 9.35. The lowest BCUT2D eigenvalue weighted by atomic mass is 10.1.